The summed E-state index contributed by atoms with van der Waals surface area (Å²) >= 11 is 0. The molecular weight excluding hydrogens is 725 g/mol. The van der Waals surface area contributed by atoms with Gasteiger partial charge in [-0.05, 0) is 104 Å². The van der Waals surface area contributed by atoms with Crippen LogP contribution in [0.1, 0.15) is 0 Å². The Balaban J connectivity index is 0.997. The Bertz CT molecular complexity index is 3180. The predicted molar refractivity (Wildman–Crippen MR) is 255 cm³/mol. The fourth-order valence-electron chi connectivity index (χ4n) is 8.91. The second-order valence-electron chi connectivity index (χ2n) is 15.3. The molecule has 0 saturated carbocycles. The van der Waals surface area contributed by atoms with Crippen molar-refractivity contribution in [3.05, 3.63) is 243 Å². The summed E-state index contributed by atoms with van der Waals surface area (Å²) in [7, 11) is 0. The van der Waals surface area contributed by atoms with Gasteiger partial charge in [0, 0.05) is 39.1 Å². The number of anilines is 3. The predicted octanol–water partition coefficient (Wildman–Crippen LogP) is 16.1. The van der Waals surface area contributed by atoms with E-state index in [0.717, 1.165) is 28.3 Å². The van der Waals surface area contributed by atoms with Crippen molar-refractivity contribution in [2.45, 2.75) is 0 Å². The van der Waals surface area contributed by atoms with Crippen LogP contribution in [0.3, 0.4) is 0 Å². The van der Waals surface area contributed by atoms with Gasteiger partial charge in [0.1, 0.15) is 0 Å². The molecule has 0 saturated heterocycles. The number of benzene rings is 10. The third-order valence-electron chi connectivity index (χ3n) is 11.8. The summed E-state index contributed by atoms with van der Waals surface area (Å²) < 4.78 is 2.46. The molecule has 10 aromatic carbocycles. The lowest BCUT2D eigenvalue weighted by molar-refractivity contribution is 1.18. The van der Waals surface area contributed by atoms with Gasteiger partial charge < -0.3 is 9.47 Å². The normalized spacial score (nSPS) is 11.3. The van der Waals surface area contributed by atoms with Crippen molar-refractivity contribution in [1.82, 2.24) is 4.57 Å². The zero-order valence-corrected chi connectivity index (χ0v) is 33.0. The standard InChI is InChI=1S/C58H40N2/c1-3-14-41(15-4-1)43-28-34-48(35-29-43)59(49-36-30-44(31-37-49)42-16-5-2-6-17-42)50-38-32-45(33-39-50)47-20-11-21-51(40-47)60-57-27-10-9-23-54(57)56-26-13-25-55(58(56)60)53-24-12-19-46-18-7-8-22-52(46)53/h1-40H. The van der Waals surface area contributed by atoms with E-state index in [1.807, 2.05) is 0 Å². The van der Waals surface area contributed by atoms with Crippen LogP contribution in [0.5, 0.6) is 0 Å². The van der Waals surface area contributed by atoms with Gasteiger partial charge in [0.25, 0.3) is 0 Å². The number of hydrogen-bond acceptors (Lipinski definition) is 1. The summed E-state index contributed by atoms with van der Waals surface area (Å²) in [6.07, 6.45) is 0. The molecule has 0 radical (unpaired) electrons. The van der Waals surface area contributed by atoms with Crippen LogP contribution in [0.25, 0.3) is 82.8 Å². The molecule has 11 rings (SSSR count). The molecule has 2 heteroatoms. The van der Waals surface area contributed by atoms with E-state index < -0.39 is 0 Å². The average molecular weight is 765 g/mol. The van der Waals surface area contributed by atoms with Gasteiger partial charge in [-0.3, -0.25) is 0 Å². The van der Waals surface area contributed by atoms with Crippen LogP contribution >= 0.6 is 0 Å². The zero-order valence-electron chi connectivity index (χ0n) is 33.0. The SMILES string of the molecule is c1ccc(-c2ccc(N(c3ccc(-c4ccccc4)cc3)c3ccc(-c4cccc(-n5c6ccccc6c6cccc(-c7cccc8ccccc78)c65)c4)cc3)cc2)cc1. The quantitative estimate of drug-likeness (QED) is 0.150. The fraction of sp³-hybridized carbons (Fsp3) is 0. The summed E-state index contributed by atoms with van der Waals surface area (Å²) in [6.45, 7) is 0. The van der Waals surface area contributed by atoms with E-state index >= 15 is 0 Å². The molecule has 60 heavy (non-hydrogen) atoms. The van der Waals surface area contributed by atoms with Gasteiger partial charge in [-0.15, -0.1) is 0 Å². The molecular formula is C58H40N2. The van der Waals surface area contributed by atoms with E-state index in [9.17, 15) is 0 Å². The molecule has 0 amide bonds. The Morgan fingerprint density at radius 3 is 1.35 bits per heavy atom. The summed E-state index contributed by atoms with van der Waals surface area (Å²) in [4.78, 5) is 2.34. The highest BCUT2D eigenvalue weighted by molar-refractivity contribution is 6.15. The van der Waals surface area contributed by atoms with Gasteiger partial charge >= 0.3 is 0 Å². The summed E-state index contributed by atoms with van der Waals surface area (Å²) in [6, 6.07) is 87.8. The third kappa shape index (κ3) is 6.32. The zero-order chi connectivity index (χ0) is 39.8. The molecule has 0 bridgehead atoms. The number of aromatic nitrogens is 1. The largest absolute Gasteiger partial charge is 0.311 e. The molecule has 0 fully saturated rings. The Hall–Kier alpha value is -7.94. The number of para-hydroxylation sites is 2. The lowest BCUT2D eigenvalue weighted by Gasteiger charge is -2.26. The lowest BCUT2D eigenvalue weighted by atomic mass is 9.96. The molecule has 11 aromatic rings. The van der Waals surface area contributed by atoms with Crippen LogP contribution in [0.4, 0.5) is 17.1 Å². The van der Waals surface area contributed by atoms with Gasteiger partial charge in [-0.25, -0.2) is 0 Å². The summed E-state index contributed by atoms with van der Waals surface area (Å²) in [5, 5.41) is 5.00. The molecule has 0 atom stereocenters. The van der Waals surface area contributed by atoms with Crippen LogP contribution < -0.4 is 4.90 Å². The maximum atomic E-state index is 2.46. The van der Waals surface area contributed by atoms with Crippen LogP contribution in [0.15, 0.2) is 243 Å². The number of hydrogen-bond donors (Lipinski definition) is 0. The molecule has 1 aromatic heterocycles. The molecule has 0 aliphatic rings. The average Bonchev–Trinajstić information content (AvgIpc) is 3.67. The van der Waals surface area contributed by atoms with Gasteiger partial charge in [-0.2, -0.15) is 0 Å². The second-order valence-corrected chi connectivity index (χ2v) is 15.3. The van der Waals surface area contributed by atoms with Crippen LogP contribution in [-0.4, -0.2) is 4.57 Å². The Kier molecular flexibility index (Phi) is 8.87. The van der Waals surface area contributed by atoms with E-state index in [-0.39, 0.29) is 0 Å². The second kappa shape index (κ2) is 15.1. The fourth-order valence-corrected chi connectivity index (χ4v) is 8.91. The van der Waals surface area contributed by atoms with Crippen molar-refractivity contribution < 1.29 is 0 Å². The first-order valence-corrected chi connectivity index (χ1v) is 20.6. The van der Waals surface area contributed by atoms with Crippen molar-refractivity contribution in [3.8, 4) is 50.2 Å². The van der Waals surface area contributed by atoms with Crippen LogP contribution in [0, 0.1) is 0 Å². The first-order valence-electron chi connectivity index (χ1n) is 20.6. The Labute approximate surface area is 350 Å². The first-order chi connectivity index (χ1) is 29.8. The van der Waals surface area contributed by atoms with E-state index in [4.69, 9.17) is 0 Å². The van der Waals surface area contributed by atoms with Crippen molar-refractivity contribution in [1.29, 1.82) is 0 Å². The Morgan fingerprint density at radius 2 is 0.717 bits per heavy atom. The summed E-state index contributed by atoms with van der Waals surface area (Å²) in [5.41, 5.74) is 16.4. The van der Waals surface area contributed by atoms with Gasteiger partial charge in [0.2, 0.25) is 0 Å². The van der Waals surface area contributed by atoms with Crippen LogP contribution in [-0.2, 0) is 0 Å². The summed E-state index contributed by atoms with van der Waals surface area (Å²) in [5.74, 6) is 0. The Morgan fingerprint density at radius 1 is 0.283 bits per heavy atom. The van der Waals surface area contributed by atoms with Crippen LogP contribution in [0.2, 0.25) is 0 Å². The van der Waals surface area contributed by atoms with E-state index in [1.54, 1.807) is 0 Å². The van der Waals surface area contributed by atoms with E-state index in [2.05, 4.69) is 252 Å². The maximum Gasteiger partial charge on any atom is 0.0619 e. The van der Waals surface area contributed by atoms with Crippen molar-refractivity contribution in [2.24, 2.45) is 0 Å². The molecule has 2 nitrogen and oxygen atoms in total. The highest BCUT2D eigenvalue weighted by Gasteiger charge is 2.19. The minimum atomic E-state index is 1.09. The van der Waals surface area contributed by atoms with Crippen molar-refractivity contribution >= 4 is 49.6 Å². The highest BCUT2D eigenvalue weighted by atomic mass is 15.1. The molecule has 0 N–H and O–H groups in total. The molecule has 282 valence electrons. The lowest BCUT2D eigenvalue weighted by Crippen LogP contribution is -2.09. The number of rotatable bonds is 8. The minimum absolute atomic E-state index is 1.09. The smallest absolute Gasteiger partial charge is 0.0619 e. The third-order valence-corrected chi connectivity index (χ3v) is 11.8. The van der Waals surface area contributed by atoms with Crippen molar-refractivity contribution in [2.75, 3.05) is 4.90 Å². The molecule has 0 unspecified atom stereocenters. The van der Waals surface area contributed by atoms with E-state index in [0.29, 0.717) is 0 Å². The molecule has 1 heterocycles. The maximum absolute atomic E-state index is 2.46. The minimum Gasteiger partial charge on any atom is -0.311 e. The van der Waals surface area contributed by atoms with Gasteiger partial charge in [0.15, 0.2) is 0 Å². The molecule has 0 spiro atoms. The van der Waals surface area contributed by atoms with Gasteiger partial charge in [0.05, 0.1) is 11.0 Å². The molecule has 0 aliphatic carbocycles. The highest BCUT2D eigenvalue weighted by Crippen LogP contribution is 2.42. The number of nitrogens with zero attached hydrogens (tertiary/aromatic N) is 2. The first kappa shape index (κ1) is 35.2. The van der Waals surface area contributed by atoms with Crippen molar-refractivity contribution in [3.63, 3.8) is 0 Å². The topological polar surface area (TPSA) is 8.17 Å². The molecule has 0 aliphatic heterocycles. The van der Waals surface area contributed by atoms with E-state index in [1.165, 1.54) is 71.5 Å². The van der Waals surface area contributed by atoms with Gasteiger partial charge in [-0.1, -0.05) is 188 Å². The number of fused-ring (bicyclic) bond motifs is 4. The monoisotopic (exact) mass is 764 g/mol.